The quantitative estimate of drug-likeness (QED) is 0.148. The van der Waals surface area contributed by atoms with E-state index in [1.807, 2.05) is 176 Å². The first kappa shape index (κ1) is 32.9. The Kier molecular flexibility index (Phi) is 7.19. The van der Waals surface area contributed by atoms with Gasteiger partial charge in [0.15, 0.2) is 0 Å². The zero-order chi connectivity index (χ0) is 70.7. The van der Waals surface area contributed by atoms with Gasteiger partial charge in [0.2, 0.25) is 0 Å². The van der Waals surface area contributed by atoms with E-state index in [0.29, 0.717) is 44.9 Å². The Morgan fingerprint density at radius 3 is 1.67 bits per heavy atom. The molecule has 7 heteroatoms. The van der Waals surface area contributed by atoms with E-state index in [1.54, 1.807) is 0 Å². The third-order valence-corrected chi connectivity index (χ3v) is 16.5. The zero-order valence-corrected chi connectivity index (χ0v) is 44.8. The fourth-order valence-corrected chi connectivity index (χ4v) is 13.0. The van der Waals surface area contributed by atoms with E-state index in [0.717, 1.165) is 22.3 Å². The summed E-state index contributed by atoms with van der Waals surface area (Å²) in [5.41, 5.74) is 5.87. The maximum Gasteiger partial charge on any atom is 0.266 e. The number of nitrogens with zero attached hydrogens (tertiary/aromatic N) is 3. The van der Waals surface area contributed by atoms with Crippen LogP contribution in [0.1, 0.15) is 51.0 Å². The van der Waals surface area contributed by atoms with Gasteiger partial charge in [0, 0.05) is 62.0 Å². The number of ether oxygens (including phenoxy) is 2. The summed E-state index contributed by atoms with van der Waals surface area (Å²) in [6, 6.07) is 38.7. The largest absolute Gasteiger partial charge is 0.459 e. The van der Waals surface area contributed by atoms with Crippen molar-refractivity contribution in [3.05, 3.63) is 272 Å². The minimum atomic E-state index is -1.44. The maximum absolute atomic E-state index is 11.6. The van der Waals surface area contributed by atoms with Crippen molar-refractivity contribution in [1.82, 2.24) is 0 Å². The zero-order valence-electron chi connectivity index (χ0n) is 62.8. The van der Waals surface area contributed by atoms with E-state index >= 15 is 0 Å². The number of hydrogen-bond donors (Lipinski definition) is 0. The summed E-state index contributed by atoms with van der Waals surface area (Å²) in [5, 5.41) is 0. The molecule has 5 aliphatic heterocycles. The molecule has 0 saturated carbocycles. The van der Waals surface area contributed by atoms with Crippen molar-refractivity contribution in [3.63, 3.8) is 0 Å². The molecule has 17 rings (SSSR count). The Bertz CT molecular complexity index is 5660. The molecular formula is C76H53B2N3O2. The van der Waals surface area contributed by atoms with Gasteiger partial charge in [-0.25, -0.2) is 0 Å². The molecule has 5 nitrogen and oxygen atoms in total. The lowest BCUT2D eigenvalue weighted by Crippen LogP contribution is -2.66. The van der Waals surface area contributed by atoms with Gasteiger partial charge in [-0.05, 0) is 133 Å². The van der Waals surface area contributed by atoms with Crippen LogP contribution in [0.5, 0.6) is 23.0 Å². The summed E-state index contributed by atoms with van der Waals surface area (Å²) in [4.78, 5) is 5.31. The normalized spacial score (nSPS) is 16.6. The van der Waals surface area contributed by atoms with E-state index in [1.165, 1.54) is 17.0 Å². The number of rotatable bonds is 7. The molecule has 12 aromatic rings. The third kappa shape index (κ3) is 7.10. The van der Waals surface area contributed by atoms with Crippen molar-refractivity contribution < 1.29 is 34.1 Å². The van der Waals surface area contributed by atoms with E-state index < -0.39 is 133 Å². The second kappa shape index (κ2) is 18.1. The smallest absolute Gasteiger partial charge is 0.266 e. The van der Waals surface area contributed by atoms with Gasteiger partial charge in [0.25, 0.3) is 13.4 Å². The lowest BCUT2D eigenvalue weighted by atomic mass is 9.29. The number of benzene rings is 12. The number of anilines is 9. The fraction of sp³-hybridized carbons (Fsp3) is 0.0526. The number of para-hydroxylation sites is 3. The van der Waals surface area contributed by atoms with Crippen LogP contribution in [-0.4, -0.2) is 13.4 Å². The first-order valence-corrected chi connectivity index (χ1v) is 27.4. The molecule has 390 valence electrons. The summed E-state index contributed by atoms with van der Waals surface area (Å²) in [6.45, 7) is 3.42. The van der Waals surface area contributed by atoms with Crippen LogP contribution in [0, 0.1) is 0 Å². The van der Waals surface area contributed by atoms with Crippen LogP contribution in [0.3, 0.4) is 0 Å². The van der Waals surface area contributed by atoms with E-state index in [9.17, 15) is 19.2 Å². The highest BCUT2D eigenvalue weighted by Gasteiger charge is 2.53. The van der Waals surface area contributed by atoms with Crippen molar-refractivity contribution in [1.29, 1.82) is 0 Å². The van der Waals surface area contributed by atoms with Gasteiger partial charge in [-0.15, -0.1) is 0 Å². The molecule has 0 saturated heterocycles. The SMILES string of the molecule is [2H]c1cc(N2c3cc([2H])c([2H])c4c3B3c5c(c([2H])c([2H])c([2H])c5Oc5c6c(c([2H])c2c53)N(c2ccccc2-c2ccccc2)c2cc(C(C)(C)C)cc3c2B6c2c([2H])c([2H])c(-c5c([2H])c([2H])c([2H])c([2H])c5[2H])c([2H])c2N3c2c(-c3ccccc3)cccc2-c2ccccc2)O4)c([2H])c([2H])c1[2H]. The van der Waals surface area contributed by atoms with Crippen LogP contribution >= 0.6 is 0 Å². The van der Waals surface area contributed by atoms with Crippen molar-refractivity contribution in [2.45, 2.75) is 26.2 Å². The molecule has 0 radical (unpaired) electrons. The Morgan fingerprint density at radius 2 is 0.952 bits per heavy atom. The highest BCUT2D eigenvalue weighted by atomic mass is 16.5. The van der Waals surface area contributed by atoms with Gasteiger partial charge in [-0.3, -0.25) is 0 Å². The molecule has 0 bridgehead atoms. The molecule has 5 aliphatic rings. The molecular weight excluding hydrogens is 1010 g/mol. The van der Waals surface area contributed by atoms with Gasteiger partial charge in [-0.1, -0.05) is 221 Å². The van der Waals surface area contributed by atoms with Crippen molar-refractivity contribution in [2.75, 3.05) is 14.7 Å². The first-order valence-electron chi connectivity index (χ1n) is 36.4. The van der Waals surface area contributed by atoms with Crippen LogP contribution in [0.2, 0.25) is 0 Å². The molecule has 5 heterocycles. The molecule has 0 N–H and O–H groups in total. The van der Waals surface area contributed by atoms with E-state index in [2.05, 4.69) is 0 Å². The highest BCUT2D eigenvalue weighted by Crippen LogP contribution is 2.55. The Hall–Kier alpha value is -10.2. The Balaban J connectivity index is 1.14. The van der Waals surface area contributed by atoms with E-state index in [-0.39, 0.29) is 84.8 Å². The summed E-state index contributed by atoms with van der Waals surface area (Å²) < 4.78 is 189. The van der Waals surface area contributed by atoms with Crippen LogP contribution in [0.15, 0.2) is 266 Å². The minimum Gasteiger partial charge on any atom is -0.459 e. The van der Waals surface area contributed by atoms with Crippen LogP contribution < -0.4 is 57.0 Å². The lowest BCUT2D eigenvalue weighted by Gasteiger charge is -2.49. The van der Waals surface area contributed by atoms with Crippen LogP contribution in [-0.2, 0) is 5.41 Å². The topological polar surface area (TPSA) is 28.2 Å². The average molecular weight is 1080 g/mol. The molecule has 0 aliphatic carbocycles. The molecule has 0 atom stereocenters. The second-order valence-electron chi connectivity index (χ2n) is 22.1. The molecule has 0 fully saturated rings. The summed E-state index contributed by atoms with van der Waals surface area (Å²) >= 11 is 0. The van der Waals surface area contributed by atoms with Crippen molar-refractivity contribution in [2.24, 2.45) is 0 Å². The molecule has 83 heavy (non-hydrogen) atoms. The lowest BCUT2D eigenvalue weighted by molar-refractivity contribution is 0.466. The maximum atomic E-state index is 11.6. The van der Waals surface area contributed by atoms with Crippen molar-refractivity contribution >= 4 is 97.4 Å². The van der Waals surface area contributed by atoms with Gasteiger partial charge < -0.3 is 24.2 Å². The number of hydrogen-bond acceptors (Lipinski definition) is 5. The van der Waals surface area contributed by atoms with Gasteiger partial charge in [0.05, 0.1) is 36.0 Å². The second-order valence-corrected chi connectivity index (χ2v) is 22.1. The van der Waals surface area contributed by atoms with Crippen molar-refractivity contribution in [3.8, 4) is 67.5 Å². The molecule has 0 amide bonds. The molecule has 0 spiro atoms. The summed E-state index contributed by atoms with van der Waals surface area (Å²) in [5.74, 6) is -0.811. The first-order chi connectivity index (χ1) is 48.3. The summed E-state index contributed by atoms with van der Waals surface area (Å²) in [7, 11) is 0. The number of fused-ring (bicyclic) bond motifs is 5. The molecule has 12 aromatic carbocycles. The van der Waals surface area contributed by atoms with Gasteiger partial charge in [0.1, 0.15) is 23.0 Å². The predicted octanol–water partition coefficient (Wildman–Crippen LogP) is 16.2. The average Bonchev–Trinajstić information content (AvgIpc) is 0.660. The monoisotopic (exact) mass is 1080 g/mol. The van der Waals surface area contributed by atoms with Gasteiger partial charge >= 0.3 is 0 Å². The van der Waals surface area contributed by atoms with Crippen LogP contribution in [0.25, 0.3) is 44.5 Å². The predicted molar refractivity (Wildman–Crippen MR) is 347 cm³/mol. The third-order valence-electron chi connectivity index (χ3n) is 16.5. The Morgan fingerprint density at radius 1 is 0.361 bits per heavy atom. The van der Waals surface area contributed by atoms with Crippen LogP contribution in [0.4, 0.5) is 51.2 Å². The fourth-order valence-electron chi connectivity index (χ4n) is 13.0. The molecule has 0 aromatic heterocycles. The van der Waals surface area contributed by atoms with Gasteiger partial charge in [-0.2, -0.15) is 0 Å². The standard InChI is InChI=1S/C76H53B2N3O2/c1-76(2,3)53-45-62-69-63(46-53)81(74-56(50-28-13-6-14-29-50)35-21-36-57(74)51-30-15-7-16-31-51)61-44-52(48-24-9-4-10-25-48)42-43-58(61)77(69)71-65(80(62)59-37-20-19-34-55(59)49-26-11-5-12-27-49)47-64-72-75(71)83-68-41-23-40-67-73(68)78(72)70-60(38-22-39-66(70)82-67)79(64)54-32-17-8-18-33-54/h4-47H,1-3H3/i4D,8D,9D,10D,17D,18D,22D,23D,24D,25D,32D,39D,40D,41D,42D,43D,44D,47D. The highest BCUT2D eigenvalue weighted by molar-refractivity contribution is 7.04. The van der Waals surface area contributed by atoms with E-state index in [4.69, 9.17) is 15.0 Å². The molecule has 0 unspecified atom stereocenters. The summed E-state index contributed by atoms with van der Waals surface area (Å²) in [6.07, 6.45) is 0. The minimum absolute atomic E-state index is 0.0165. The Labute approximate surface area is 510 Å².